The van der Waals surface area contributed by atoms with Crippen molar-refractivity contribution in [1.29, 1.82) is 0 Å². The molecule has 0 saturated heterocycles. The molecule has 0 atom stereocenters. The van der Waals surface area contributed by atoms with E-state index in [1.165, 1.54) is 13.0 Å². The number of ether oxygens (including phenoxy) is 1. The summed E-state index contributed by atoms with van der Waals surface area (Å²) in [6.07, 6.45) is 2.89. The highest BCUT2D eigenvalue weighted by Gasteiger charge is 2.05. The van der Waals surface area contributed by atoms with Crippen LogP contribution in [0, 0.1) is 0 Å². The predicted octanol–water partition coefficient (Wildman–Crippen LogP) is 2.14. The number of rotatable bonds is 5. The zero-order valence-corrected chi connectivity index (χ0v) is 13.8. The molecule has 1 aromatic heterocycles. The lowest BCUT2D eigenvalue weighted by Crippen LogP contribution is -2.42. The number of benzene rings is 1. The van der Waals surface area contributed by atoms with Crippen LogP contribution in [0.1, 0.15) is 11.8 Å². The van der Waals surface area contributed by atoms with Crippen molar-refractivity contribution < 1.29 is 19.1 Å². The van der Waals surface area contributed by atoms with Crippen LogP contribution >= 0.6 is 11.3 Å². The van der Waals surface area contributed by atoms with Crippen molar-refractivity contribution in [3.63, 3.8) is 0 Å². The number of carbonyl (C=O) groups is 3. The molecule has 124 valence electrons. The molecule has 2 amide bonds. The molecule has 24 heavy (non-hydrogen) atoms. The van der Waals surface area contributed by atoms with Crippen molar-refractivity contribution >= 4 is 35.2 Å². The number of esters is 1. The summed E-state index contributed by atoms with van der Waals surface area (Å²) in [5, 5.41) is 0. The molecular weight excluding hydrogens is 328 g/mol. The molecule has 7 heteroatoms. The maximum absolute atomic E-state index is 11.6. The van der Waals surface area contributed by atoms with Crippen molar-refractivity contribution in [2.75, 3.05) is 6.61 Å². The lowest BCUT2D eigenvalue weighted by molar-refractivity contribution is -0.144. The molecule has 0 aliphatic rings. The van der Waals surface area contributed by atoms with Gasteiger partial charge >= 0.3 is 5.97 Å². The summed E-state index contributed by atoms with van der Waals surface area (Å²) < 4.78 is 4.76. The minimum atomic E-state index is -0.636. The number of hydrazine groups is 1. The Labute approximate surface area is 143 Å². The van der Waals surface area contributed by atoms with Crippen LogP contribution < -0.4 is 10.9 Å². The fourth-order valence-electron chi connectivity index (χ4n) is 1.73. The van der Waals surface area contributed by atoms with E-state index in [0.717, 1.165) is 15.3 Å². The Morgan fingerprint density at radius 3 is 2.54 bits per heavy atom. The molecule has 0 aliphatic carbocycles. The molecular formula is C17H16N2O4S. The normalized spacial score (nSPS) is 10.4. The molecule has 0 unspecified atom stereocenters. The van der Waals surface area contributed by atoms with Crippen LogP contribution in [0.2, 0.25) is 0 Å². The lowest BCUT2D eigenvalue weighted by atomic mass is 10.2. The molecule has 0 fully saturated rings. The number of nitrogens with one attached hydrogen (secondary N) is 2. The molecule has 0 bridgehead atoms. The zero-order valence-electron chi connectivity index (χ0n) is 12.9. The third kappa shape index (κ3) is 5.69. The fraction of sp³-hybridized carbons (Fsp3) is 0.118. The lowest BCUT2D eigenvalue weighted by Gasteiger charge is -2.04. The van der Waals surface area contributed by atoms with Crippen LogP contribution in [0.15, 0.2) is 48.5 Å². The second-order valence-electron chi connectivity index (χ2n) is 4.74. The molecule has 0 aliphatic heterocycles. The van der Waals surface area contributed by atoms with Gasteiger partial charge in [0.2, 0.25) is 5.91 Å². The van der Waals surface area contributed by atoms with Crippen LogP contribution in [-0.4, -0.2) is 24.4 Å². The molecule has 0 saturated carbocycles. The van der Waals surface area contributed by atoms with Crippen molar-refractivity contribution in [2.45, 2.75) is 6.92 Å². The highest BCUT2D eigenvalue weighted by Crippen LogP contribution is 2.28. The van der Waals surface area contributed by atoms with Gasteiger partial charge in [0.1, 0.15) is 0 Å². The van der Waals surface area contributed by atoms with Crippen molar-refractivity contribution in [3.8, 4) is 10.4 Å². The van der Waals surface area contributed by atoms with E-state index in [2.05, 4.69) is 10.9 Å². The maximum Gasteiger partial charge on any atom is 0.331 e. The monoisotopic (exact) mass is 344 g/mol. The van der Waals surface area contributed by atoms with E-state index in [9.17, 15) is 14.4 Å². The minimum absolute atomic E-state index is 0.415. The van der Waals surface area contributed by atoms with Gasteiger partial charge in [0, 0.05) is 22.8 Å². The second-order valence-corrected chi connectivity index (χ2v) is 5.85. The van der Waals surface area contributed by atoms with Crippen LogP contribution in [0.25, 0.3) is 16.5 Å². The summed E-state index contributed by atoms with van der Waals surface area (Å²) in [6.45, 7) is 0.781. The fourth-order valence-corrected chi connectivity index (χ4v) is 2.64. The number of thiophene rings is 1. The summed E-state index contributed by atoms with van der Waals surface area (Å²) in [5.74, 6) is -1.67. The summed E-state index contributed by atoms with van der Waals surface area (Å²) in [5.41, 5.74) is 5.30. The summed E-state index contributed by atoms with van der Waals surface area (Å²) in [6, 6.07) is 13.8. The van der Waals surface area contributed by atoms with Crippen LogP contribution in [0.3, 0.4) is 0 Å². The Hall–Kier alpha value is -2.93. The highest BCUT2D eigenvalue weighted by molar-refractivity contribution is 7.16. The number of hydrogen-bond donors (Lipinski definition) is 2. The van der Waals surface area contributed by atoms with Crippen LogP contribution in [0.4, 0.5) is 0 Å². The topological polar surface area (TPSA) is 84.5 Å². The average Bonchev–Trinajstić information content (AvgIpc) is 3.06. The summed E-state index contributed by atoms with van der Waals surface area (Å²) in [4.78, 5) is 35.4. The number of hydrogen-bond acceptors (Lipinski definition) is 5. The average molecular weight is 344 g/mol. The summed E-state index contributed by atoms with van der Waals surface area (Å²) in [7, 11) is 0. The first-order valence-corrected chi connectivity index (χ1v) is 7.92. The van der Waals surface area contributed by atoms with Crippen molar-refractivity contribution in [3.05, 3.63) is 53.4 Å². The van der Waals surface area contributed by atoms with Gasteiger partial charge in [-0.25, -0.2) is 4.79 Å². The van der Waals surface area contributed by atoms with E-state index >= 15 is 0 Å². The van der Waals surface area contributed by atoms with Crippen LogP contribution in [-0.2, 0) is 19.1 Å². The van der Waals surface area contributed by atoms with Gasteiger partial charge in [0.15, 0.2) is 6.61 Å². The standard InChI is InChI=1S/C17H16N2O4S/c1-12(20)18-19-16(21)11-23-17(22)10-8-14-7-9-15(24-14)13-5-3-2-4-6-13/h2-10H,11H2,1H3,(H,18,20)(H,19,21)/b10-8+. The Morgan fingerprint density at radius 2 is 1.83 bits per heavy atom. The van der Waals surface area contributed by atoms with E-state index in [4.69, 9.17) is 4.74 Å². The maximum atomic E-state index is 11.6. The van der Waals surface area contributed by atoms with E-state index in [0.29, 0.717) is 0 Å². The minimum Gasteiger partial charge on any atom is -0.452 e. The second kappa shape index (κ2) is 8.64. The van der Waals surface area contributed by atoms with E-state index < -0.39 is 24.4 Å². The first-order chi connectivity index (χ1) is 11.5. The molecule has 1 heterocycles. The SMILES string of the molecule is CC(=O)NNC(=O)COC(=O)/C=C/c1ccc(-c2ccccc2)s1. The third-order valence-corrected chi connectivity index (χ3v) is 3.89. The van der Waals surface area contributed by atoms with Gasteiger partial charge in [-0.05, 0) is 23.8 Å². The van der Waals surface area contributed by atoms with Crippen LogP contribution in [0.5, 0.6) is 0 Å². The third-order valence-electron chi connectivity index (χ3n) is 2.79. The first kappa shape index (κ1) is 17.4. The first-order valence-electron chi connectivity index (χ1n) is 7.10. The Kier molecular flexibility index (Phi) is 6.27. The molecule has 2 aromatic rings. The highest BCUT2D eigenvalue weighted by atomic mass is 32.1. The van der Waals surface area contributed by atoms with Gasteiger partial charge in [-0.2, -0.15) is 0 Å². The molecule has 6 nitrogen and oxygen atoms in total. The molecule has 0 spiro atoms. The Balaban J connectivity index is 1.83. The smallest absolute Gasteiger partial charge is 0.331 e. The largest absolute Gasteiger partial charge is 0.452 e. The van der Waals surface area contributed by atoms with Crippen molar-refractivity contribution in [2.24, 2.45) is 0 Å². The molecule has 1 aromatic carbocycles. The zero-order chi connectivity index (χ0) is 17.4. The molecule has 2 rings (SSSR count). The summed E-state index contributed by atoms with van der Waals surface area (Å²) >= 11 is 1.54. The quantitative estimate of drug-likeness (QED) is 0.494. The number of carbonyl (C=O) groups excluding carboxylic acids is 3. The molecule has 0 radical (unpaired) electrons. The van der Waals surface area contributed by atoms with Gasteiger partial charge in [-0.3, -0.25) is 20.4 Å². The van der Waals surface area contributed by atoms with E-state index in [-0.39, 0.29) is 0 Å². The van der Waals surface area contributed by atoms with E-state index in [1.807, 2.05) is 42.5 Å². The van der Waals surface area contributed by atoms with Crippen molar-refractivity contribution in [1.82, 2.24) is 10.9 Å². The van der Waals surface area contributed by atoms with Gasteiger partial charge in [0.25, 0.3) is 5.91 Å². The van der Waals surface area contributed by atoms with Gasteiger partial charge in [-0.15, -0.1) is 11.3 Å². The predicted molar refractivity (Wildman–Crippen MR) is 91.7 cm³/mol. The van der Waals surface area contributed by atoms with Gasteiger partial charge in [-0.1, -0.05) is 30.3 Å². The number of amides is 2. The van der Waals surface area contributed by atoms with Gasteiger partial charge < -0.3 is 4.74 Å². The molecule has 2 N–H and O–H groups in total. The Bertz CT molecular complexity index is 753. The van der Waals surface area contributed by atoms with E-state index in [1.54, 1.807) is 17.4 Å². The van der Waals surface area contributed by atoms with Gasteiger partial charge in [0.05, 0.1) is 0 Å². The Morgan fingerprint density at radius 1 is 1.08 bits per heavy atom.